The minimum absolute atomic E-state index is 0.0761. The Bertz CT molecular complexity index is 974. The van der Waals surface area contributed by atoms with E-state index < -0.39 is 35.5 Å². The Kier molecular flexibility index (Phi) is 14.2. The van der Waals surface area contributed by atoms with Gasteiger partial charge in [0.25, 0.3) is 0 Å². The molecule has 0 saturated heterocycles. The van der Waals surface area contributed by atoms with Crippen LogP contribution < -0.4 is 15.2 Å². The van der Waals surface area contributed by atoms with Crippen LogP contribution in [0.1, 0.15) is 93.1 Å². The Morgan fingerprint density at radius 2 is 1.38 bits per heavy atom. The molecule has 1 aromatic carbocycles. The molecule has 2 N–H and O–H groups in total. The Hall–Kier alpha value is -2.94. The zero-order valence-electron chi connectivity index (χ0n) is 24.8. The smallest absolute Gasteiger partial charge is 0.323 e. The van der Waals surface area contributed by atoms with Crippen LogP contribution in [-0.4, -0.2) is 42.6 Å². The molecule has 9 heteroatoms. The second-order valence-electron chi connectivity index (χ2n) is 10.9. The van der Waals surface area contributed by atoms with Gasteiger partial charge in [0.15, 0.2) is 11.5 Å². The number of hydrogen-bond acceptors (Lipinski definition) is 9. The fourth-order valence-electron chi connectivity index (χ4n) is 3.55. The summed E-state index contributed by atoms with van der Waals surface area (Å²) >= 11 is 0. The predicted octanol–water partition coefficient (Wildman–Crippen LogP) is 5.15. The molecular formula is C30H47NO8. The third kappa shape index (κ3) is 11.4. The lowest BCUT2D eigenvalue weighted by Gasteiger charge is -2.22. The van der Waals surface area contributed by atoms with Crippen LogP contribution >= 0.6 is 0 Å². The first kappa shape index (κ1) is 34.1. The van der Waals surface area contributed by atoms with E-state index in [4.69, 9.17) is 24.7 Å². The molecule has 0 radical (unpaired) electrons. The molecule has 4 atom stereocenters. The first-order valence-electron chi connectivity index (χ1n) is 13.9. The highest BCUT2D eigenvalue weighted by Crippen LogP contribution is 2.31. The van der Waals surface area contributed by atoms with Crippen molar-refractivity contribution in [2.45, 2.75) is 106 Å². The van der Waals surface area contributed by atoms with Crippen LogP contribution in [0.3, 0.4) is 0 Å². The van der Waals surface area contributed by atoms with Crippen molar-refractivity contribution in [2.75, 3.05) is 6.61 Å². The summed E-state index contributed by atoms with van der Waals surface area (Å²) < 4.78 is 21.8. The van der Waals surface area contributed by atoms with E-state index in [1.54, 1.807) is 46.8 Å². The Morgan fingerprint density at radius 1 is 0.846 bits per heavy atom. The van der Waals surface area contributed by atoms with Gasteiger partial charge < -0.3 is 24.7 Å². The molecule has 0 aliphatic heterocycles. The molecule has 0 aromatic heterocycles. The highest BCUT2D eigenvalue weighted by molar-refractivity contribution is 5.79. The van der Waals surface area contributed by atoms with Gasteiger partial charge in [-0.2, -0.15) is 0 Å². The molecule has 0 aliphatic carbocycles. The largest absolute Gasteiger partial charge is 0.461 e. The van der Waals surface area contributed by atoms with Crippen LogP contribution in [0.5, 0.6) is 11.5 Å². The molecule has 9 nitrogen and oxygen atoms in total. The van der Waals surface area contributed by atoms with Gasteiger partial charge in [0, 0.05) is 0 Å². The summed E-state index contributed by atoms with van der Waals surface area (Å²) in [5.41, 5.74) is 6.07. The maximum absolute atomic E-state index is 12.6. The molecule has 0 spiro atoms. The van der Waals surface area contributed by atoms with E-state index in [9.17, 15) is 19.2 Å². The van der Waals surface area contributed by atoms with Crippen molar-refractivity contribution in [3.63, 3.8) is 0 Å². The number of ether oxygens (including phenoxy) is 4. The average Bonchev–Trinajstić information content (AvgIpc) is 2.88. The van der Waals surface area contributed by atoms with Crippen LogP contribution in [0.4, 0.5) is 0 Å². The van der Waals surface area contributed by atoms with Crippen LogP contribution in [0.2, 0.25) is 0 Å². The Balaban J connectivity index is 2.95. The highest BCUT2D eigenvalue weighted by Gasteiger charge is 2.28. The van der Waals surface area contributed by atoms with Crippen molar-refractivity contribution >= 4 is 23.9 Å². The summed E-state index contributed by atoms with van der Waals surface area (Å²) in [6, 6.07) is 3.73. The summed E-state index contributed by atoms with van der Waals surface area (Å²) in [6.07, 6.45) is 3.00. The van der Waals surface area contributed by atoms with E-state index in [0.717, 1.165) is 12.8 Å². The Labute approximate surface area is 233 Å². The third-order valence-corrected chi connectivity index (χ3v) is 6.64. The number of esters is 4. The van der Waals surface area contributed by atoms with Gasteiger partial charge in [-0.05, 0) is 64.2 Å². The summed E-state index contributed by atoms with van der Waals surface area (Å²) in [5.74, 6) is -2.30. The van der Waals surface area contributed by atoms with Gasteiger partial charge in [-0.15, -0.1) is 0 Å². The second kappa shape index (κ2) is 16.2. The van der Waals surface area contributed by atoms with Crippen molar-refractivity contribution in [3.8, 4) is 11.5 Å². The minimum Gasteiger partial charge on any atom is -0.461 e. The molecule has 1 aromatic rings. The van der Waals surface area contributed by atoms with Gasteiger partial charge in [0.2, 0.25) is 0 Å². The molecule has 220 valence electrons. The zero-order chi connectivity index (χ0) is 29.8. The number of carbonyl (C=O) groups is 4. The molecule has 0 aliphatic rings. The molecular weight excluding hydrogens is 502 g/mol. The Morgan fingerprint density at radius 3 is 1.90 bits per heavy atom. The van der Waals surface area contributed by atoms with E-state index >= 15 is 0 Å². The predicted molar refractivity (Wildman–Crippen MR) is 148 cm³/mol. The summed E-state index contributed by atoms with van der Waals surface area (Å²) in [6.45, 7) is 14.5. The number of hydrogen-bond donors (Lipinski definition) is 1. The minimum atomic E-state index is -1.02. The number of benzene rings is 1. The van der Waals surface area contributed by atoms with Gasteiger partial charge in [-0.25, -0.2) is 0 Å². The maximum atomic E-state index is 12.6. The number of nitrogens with two attached hydrogens (primary N) is 1. The lowest BCUT2D eigenvalue weighted by Crippen LogP contribution is -2.38. The van der Waals surface area contributed by atoms with Crippen molar-refractivity contribution in [3.05, 3.63) is 23.8 Å². The molecule has 0 fully saturated rings. The summed E-state index contributed by atoms with van der Waals surface area (Å²) in [5, 5.41) is 0. The zero-order valence-corrected chi connectivity index (χ0v) is 24.8. The summed E-state index contributed by atoms with van der Waals surface area (Å²) in [4.78, 5) is 49.9. The molecule has 39 heavy (non-hydrogen) atoms. The van der Waals surface area contributed by atoms with E-state index in [1.807, 2.05) is 20.8 Å². The SMILES string of the molecule is CCCC(C)C(=O)Oc1ccc(C[C@H](N)C(=O)O[C@@H](C)COC(=O)C(C)(C)CC)cc1OC(=O)C(C)CCC. The lowest BCUT2D eigenvalue weighted by atomic mass is 9.91. The second-order valence-corrected chi connectivity index (χ2v) is 10.9. The van der Waals surface area contributed by atoms with Crippen molar-refractivity contribution in [1.29, 1.82) is 0 Å². The van der Waals surface area contributed by atoms with E-state index in [1.165, 1.54) is 6.07 Å². The lowest BCUT2D eigenvalue weighted by molar-refractivity contribution is -0.164. The third-order valence-electron chi connectivity index (χ3n) is 6.64. The number of carbonyl (C=O) groups excluding carboxylic acids is 4. The van der Waals surface area contributed by atoms with Gasteiger partial charge in [-0.1, -0.05) is 53.5 Å². The maximum Gasteiger partial charge on any atom is 0.323 e. The van der Waals surface area contributed by atoms with Crippen LogP contribution in [0.15, 0.2) is 18.2 Å². The van der Waals surface area contributed by atoms with Gasteiger partial charge in [0.1, 0.15) is 18.8 Å². The first-order valence-corrected chi connectivity index (χ1v) is 13.9. The van der Waals surface area contributed by atoms with Crippen molar-refractivity contribution < 1.29 is 38.1 Å². The molecule has 2 unspecified atom stereocenters. The van der Waals surface area contributed by atoms with E-state index in [2.05, 4.69) is 0 Å². The molecule has 0 heterocycles. The highest BCUT2D eigenvalue weighted by atomic mass is 16.6. The normalized spacial score (nSPS) is 14.5. The molecule has 0 bridgehead atoms. The monoisotopic (exact) mass is 549 g/mol. The van der Waals surface area contributed by atoms with Crippen molar-refractivity contribution in [2.24, 2.45) is 23.0 Å². The standard InChI is InChI=1S/C30H47NO8/c1-9-12-19(4)26(32)38-24-15-14-22(17-25(24)39-27(33)20(5)13-10-2)16-23(31)28(34)37-21(6)18-36-29(35)30(7,8)11-3/h14-15,17,19-21,23H,9-13,16,18,31H2,1-8H3/t19?,20?,21-,23-/m0/s1. The van der Waals surface area contributed by atoms with Crippen LogP contribution in [-0.2, 0) is 35.1 Å². The fourth-order valence-corrected chi connectivity index (χ4v) is 3.55. The van der Waals surface area contributed by atoms with Gasteiger partial charge in [0.05, 0.1) is 17.3 Å². The fraction of sp³-hybridized carbons (Fsp3) is 0.667. The molecule has 0 saturated carbocycles. The number of rotatable bonds is 16. The van der Waals surface area contributed by atoms with Crippen LogP contribution in [0.25, 0.3) is 0 Å². The van der Waals surface area contributed by atoms with Crippen LogP contribution in [0, 0.1) is 17.3 Å². The first-order chi connectivity index (χ1) is 18.2. The van der Waals surface area contributed by atoms with Crippen molar-refractivity contribution in [1.82, 2.24) is 0 Å². The quantitative estimate of drug-likeness (QED) is 0.220. The molecule has 0 amide bonds. The van der Waals surface area contributed by atoms with Gasteiger partial charge >= 0.3 is 23.9 Å². The van der Waals surface area contributed by atoms with Gasteiger partial charge in [-0.3, -0.25) is 19.2 Å². The summed E-state index contributed by atoms with van der Waals surface area (Å²) in [7, 11) is 0. The average molecular weight is 550 g/mol. The van der Waals surface area contributed by atoms with E-state index in [0.29, 0.717) is 24.8 Å². The molecule has 1 rings (SSSR count). The van der Waals surface area contributed by atoms with E-state index in [-0.39, 0.29) is 42.3 Å². The topological polar surface area (TPSA) is 131 Å².